The lowest BCUT2D eigenvalue weighted by atomic mass is 9.86. The zero-order valence-electron chi connectivity index (χ0n) is 13.7. The topological polar surface area (TPSA) is 84.5 Å². The maximum atomic E-state index is 13.3. The average molecular weight is 334 g/mol. The van der Waals surface area contributed by atoms with Crippen LogP contribution in [0.15, 0.2) is 0 Å². The number of carbonyl (C=O) groups excluding carboxylic acids is 3. The first-order valence-corrected chi connectivity index (χ1v) is 7.81. The number of ether oxygens (including phenoxy) is 1. The van der Waals surface area contributed by atoms with Gasteiger partial charge in [0.2, 0.25) is 17.7 Å². The third kappa shape index (κ3) is 6.11. The van der Waals surface area contributed by atoms with Crippen LogP contribution < -0.4 is 10.6 Å². The first kappa shape index (κ1) is 19.3. The molecule has 1 saturated carbocycles. The second kappa shape index (κ2) is 8.21. The van der Waals surface area contributed by atoms with Crippen LogP contribution >= 0.6 is 0 Å². The summed E-state index contributed by atoms with van der Waals surface area (Å²) in [6, 6.07) is -1.77. The van der Waals surface area contributed by atoms with E-state index in [1.165, 1.54) is 13.8 Å². The molecular weight excluding hydrogens is 310 g/mol. The Morgan fingerprint density at radius 3 is 2.43 bits per heavy atom. The van der Waals surface area contributed by atoms with Gasteiger partial charge >= 0.3 is 5.97 Å². The standard InChI is InChI=1S/C15H24F2N2O4/c1-4-23-14(22)10(3)19-12(20)9(2)18-13(21)11-6-5-7-15(16,17)8-11/h9-11H,4-8H2,1-3H3,(H,18,21)(H,19,20)/t9-,10+,11+/m1/s1. The summed E-state index contributed by atoms with van der Waals surface area (Å²) in [5.41, 5.74) is 0. The predicted molar refractivity (Wildman–Crippen MR) is 78.7 cm³/mol. The Morgan fingerprint density at radius 2 is 1.87 bits per heavy atom. The molecule has 0 aromatic rings. The van der Waals surface area contributed by atoms with Gasteiger partial charge in [-0.2, -0.15) is 0 Å². The summed E-state index contributed by atoms with van der Waals surface area (Å²) in [4.78, 5) is 35.4. The highest BCUT2D eigenvalue weighted by atomic mass is 19.3. The summed E-state index contributed by atoms with van der Waals surface area (Å²) in [6.07, 6.45) is -0.0309. The molecule has 1 fully saturated rings. The normalized spacial score (nSPS) is 22.6. The van der Waals surface area contributed by atoms with Crippen molar-refractivity contribution < 1.29 is 27.9 Å². The summed E-state index contributed by atoms with van der Waals surface area (Å²) >= 11 is 0. The Balaban J connectivity index is 2.48. The highest BCUT2D eigenvalue weighted by Crippen LogP contribution is 2.36. The minimum Gasteiger partial charge on any atom is -0.464 e. The summed E-state index contributed by atoms with van der Waals surface area (Å²) in [5, 5.41) is 4.84. The van der Waals surface area contributed by atoms with Crippen LogP contribution in [-0.2, 0) is 19.1 Å². The molecule has 0 bridgehead atoms. The number of carbonyl (C=O) groups is 3. The van der Waals surface area contributed by atoms with Gasteiger partial charge in [0.05, 0.1) is 6.61 Å². The van der Waals surface area contributed by atoms with Crippen molar-refractivity contribution in [2.45, 2.75) is 64.5 Å². The Hall–Kier alpha value is -1.73. The molecule has 132 valence electrons. The highest BCUT2D eigenvalue weighted by molar-refractivity contribution is 5.90. The van der Waals surface area contributed by atoms with E-state index in [1.54, 1.807) is 6.92 Å². The number of amides is 2. The monoisotopic (exact) mass is 334 g/mol. The van der Waals surface area contributed by atoms with Gasteiger partial charge in [-0.25, -0.2) is 13.6 Å². The van der Waals surface area contributed by atoms with Crippen LogP contribution in [0.5, 0.6) is 0 Å². The molecule has 1 aliphatic carbocycles. The summed E-state index contributed by atoms with van der Waals surface area (Å²) in [6.45, 7) is 4.74. The molecule has 0 heterocycles. The maximum absolute atomic E-state index is 13.3. The van der Waals surface area contributed by atoms with Crippen molar-refractivity contribution in [3.05, 3.63) is 0 Å². The van der Waals surface area contributed by atoms with Gasteiger partial charge in [0.15, 0.2) is 0 Å². The third-order valence-corrected chi connectivity index (χ3v) is 3.76. The molecule has 0 aromatic carbocycles. The number of nitrogens with one attached hydrogen (secondary N) is 2. The first-order chi connectivity index (χ1) is 10.7. The molecule has 0 aliphatic heterocycles. The highest BCUT2D eigenvalue weighted by Gasteiger charge is 2.39. The molecule has 1 aliphatic rings. The van der Waals surface area contributed by atoms with E-state index in [0.29, 0.717) is 6.42 Å². The lowest BCUT2D eigenvalue weighted by Crippen LogP contribution is -2.51. The largest absolute Gasteiger partial charge is 0.464 e. The van der Waals surface area contributed by atoms with Crippen LogP contribution in [0.3, 0.4) is 0 Å². The predicted octanol–water partition coefficient (Wildman–Crippen LogP) is 1.38. The number of hydrogen-bond donors (Lipinski definition) is 2. The lowest BCUT2D eigenvalue weighted by Gasteiger charge is -2.29. The van der Waals surface area contributed by atoms with Crippen LogP contribution in [0.4, 0.5) is 8.78 Å². The number of esters is 1. The number of alkyl halides is 2. The van der Waals surface area contributed by atoms with Gasteiger partial charge in [-0.1, -0.05) is 0 Å². The maximum Gasteiger partial charge on any atom is 0.328 e. The molecule has 1 rings (SSSR count). The molecule has 2 amide bonds. The van der Waals surface area contributed by atoms with Gasteiger partial charge < -0.3 is 15.4 Å². The zero-order valence-corrected chi connectivity index (χ0v) is 13.7. The van der Waals surface area contributed by atoms with Crippen molar-refractivity contribution in [2.24, 2.45) is 5.92 Å². The van der Waals surface area contributed by atoms with E-state index >= 15 is 0 Å². The van der Waals surface area contributed by atoms with E-state index in [9.17, 15) is 23.2 Å². The summed E-state index contributed by atoms with van der Waals surface area (Å²) < 4.78 is 31.4. The second-order valence-electron chi connectivity index (χ2n) is 5.86. The molecule has 8 heteroatoms. The lowest BCUT2D eigenvalue weighted by molar-refractivity contribution is -0.147. The van der Waals surface area contributed by atoms with E-state index in [-0.39, 0.29) is 19.4 Å². The van der Waals surface area contributed by atoms with Crippen molar-refractivity contribution in [1.82, 2.24) is 10.6 Å². The molecule has 0 radical (unpaired) electrons. The number of halogens is 2. The van der Waals surface area contributed by atoms with E-state index in [2.05, 4.69) is 10.6 Å². The molecule has 0 aromatic heterocycles. The van der Waals surface area contributed by atoms with Gasteiger partial charge in [0.1, 0.15) is 12.1 Å². The van der Waals surface area contributed by atoms with E-state index in [4.69, 9.17) is 4.74 Å². The van der Waals surface area contributed by atoms with Crippen molar-refractivity contribution in [1.29, 1.82) is 0 Å². The van der Waals surface area contributed by atoms with Crippen LogP contribution in [-0.4, -0.2) is 42.4 Å². The Morgan fingerprint density at radius 1 is 1.22 bits per heavy atom. The molecular formula is C15H24F2N2O4. The quantitative estimate of drug-likeness (QED) is 0.719. The van der Waals surface area contributed by atoms with Crippen LogP contribution in [0, 0.1) is 5.92 Å². The fraction of sp³-hybridized carbons (Fsp3) is 0.800. The molecule has 3 atom stereocenters. The Kier molecular flexibility index (Phi) is 6.90. The van der Waals surface area contributed by atoms with Gasteiger partial charge in [-0.15, -0.1) is 0 Å². The van der Waals surface area contributed by atoms with Gasteiger partial charge in [-0.3, -0.25) is 9.59 Å². The Bertz CT molecular complexity index is 457. The van der Waals surface area contributed by atoms with Crippen molar-refractivity contribution >= 4 is 17.8 Å². The van der Waals surface area contributed by atoms with Gasteiger partial charge in [0, 0.05) is 18.8 Å². The minimum absolute atomic E-state index is 0.196. The zero-order chi connectivity index (χ0) is 17.6. The smallest absolute Gasteiger partial charge is 0.328 e. The molecule has 6 nitrogen and oxygen atoms in total. The van der Waals surface area contributed by atoms with Crippen LogP contribution in [0.1, 0.15) is 46.5 Å². The number of rotatable bonds is 6. The average Bonchev–Trinajstić information content (AvgIpc) is 2.46. The van der Waals surface area contributed by atoms with E-state index in [1.807, 2.05) is 0 Å². The SMILES string of the molecule is CCOC(=O)[C@H](C)NC(=O)[C@@H](C)NC(=O)[C@H]1CCCC(F)(F)C1. The van der Waals surface area contributed by atoms with Gasteiger partial charge in [0.25, 0.3) is 0 Å². The summed E-state index contributed by atoms with van der Waals surface area (Å²) in [7, 11) is 0. The van der Waals surface area contributed by atoms with Crippen LogP contribution in [0.2, 0.25) is 0 Å². The minimum atomic E-state index is -2.83. The van der Waals surface area contributed by atoms with Crippen molar-refractivity contribution in [2.75, 3.05) is 6.61 Å². The van der Waals surface area contributed by atoms with Crippen LogP contribution in [0.25, 0.3) is 0 Å². The Labute approximate surface area is 134 Å². The fourth-order valence-corrected chi connectivity index (χ4v) is 2.46. The molecule has 2 N–H and O–H groups in total. The van der Waals surface area contributed by atoms with Crippen molar-refractivity contribution in [3.63, 3.8) is 0 Å². The van der Waals surface area contributed by atoms with E-state index < -0.39 is 48.1 Å². The first-order valence-electron chi connectivity index (χ1n) is 7.81. The van der Waals surface area contributed by atoms with E-state index in [0.717, 1.165) is 0 Å². The van der Waals surface area contributed by atoms with Gasteiger partial charge in [-0.05, 0) is 33.6 Å². The molecule has 0 unspecified atom stereocenters. The second-order valence-corrected chi connectivity index (χ2v) is 5.86. The van der Waals surface area contributed by atoms with Crippen molar-refractivity contribution in [3.8, 4) is 0 Å². The summed E-state index contributed by atoms with van der Waals surface area (Å²) in [5.74, 6) is -5.33. The molecule has 0 saturated heterocycles. The molecule has 0 spiro atoms. The number of hydrogen-bond acceptors (Lipinski definition) is 4. The fourth-order valence-electron chi connectivity index (χ4n) is 2.46. The third-order valence-electron chi connectivity index (χ3n) is 3.76. The molecule has 23 heavy (non-hydrogen) atoms.